The molecule has 1 fully saturated rings. The molecule has 0 saturated carbocycles. The largest absolute Gasteiger partial charge is 0.335 e. The fourth-order valence-electron chi connectivity index (χ4n) is 3.32. The summed E-state index contributed by atoms with van der Waals surface area (Å²) in [6, 6.07) is 6.80. The number of aromatic amines is 1. The number of rotatable bonds is 4. The third kappa shape index (κ3) is 3.77. The number of nitrogens with zero attached hydrogens (tertiary/aromatic N) is 7. The van der Waals surface area contributed by atoms with Crippen LogP contribution in [0.2, 0.25) is 0 Å². The monoisotopic (exact) mass is 384 g/mol. The van der Waals surface area contributed by atoms with Crippen molar-refractivity contribution in [3.05, 3.63) is 53.6 Å². The summed E-state index contributed by atoms with van der Waals surface area (Å²) in [4.78, 5) is 25.1. The Morgan fingerprint density at radius 3 is 2.86 bits per heavy atom. The first-order valence-electron chi connectivity index (χ1n) is 9.16. The predicted molar refractivity (Wildman–Crippen MR) is 98.2 cm³/mol. The number of carbonyl (C=O) groups excluding carboxylic acids is 1. The molecule has 28 heavy (non-hydrogen) atoms. The minimum absolute atomic E-state index is 0.136. The van der Waals surface area contributed by atoms with E-state index < -0.39 is 0 Å². The molecule has 3 aromatic rings. The van der Waals surface area contributed by atoms with Crippen LogP contribution in [0, 0.1) is 12.7 Å². The third-order valence-corrected chi connectivity index (χ3v) is 4.79. The maximum absolute atomic E-state index is 13.9. The lowest BCUT2D eigenvalue weighted by Crippen LogP contribution is -2.35. The van der Waals surface area contributed by atoms with Gasteiger partial charge in [0.2, 0.25) is 11.8 Å². The van der Waals surface area contributed by atoms with Crippen LogP contribution in [0.5, 0.6) is 0 Å². The number of carbonyl (C=O) groups is 1. The molecule has 2 aromatic heterocycles. The van der Waals surface area contributed by atoms with Crippen molar-refractivity contribution in [3.8, 4) is 5.95 Å². The fourth-order valence-corrected chi connectivity index (χ4v) is 3.32. The number of aromatic nitrogens is 6. The maximum Gasteiger partial charge on any atom is 0.293 e. The van der Waals surface area contributed by atoms with Gasteiger partial charge >= 0.3 is 0 Å². The minimum Gasteiger partial charge on any atom is -0.335 e. The van der Waals surface area contributed by atoms with Gasteiger partial charge in [0.25, 0.3) is 5.91 Å². The molecule has 0 unspecified atom stereocenters. The highest BCUT2D eigenvalue weighted by Gasteiger charge is 2.25. The van der Waals surface area contributed by atoms with Crippen LogP contribution in [-0.2, 0) is 6.54 Å². The van der Waals surface area contributed by atoms with Crippen LogP contribution in [0.1, 0.15) is 28.4 Å². The first kappa shape index (κ1) is 18.2. The van der Waals surface area contributed by atoms with Crippen LogP contribution in [-0.4, -0.2) is 71.8 Å². The molecule has 1 aliphatic rings. The van der Waals surface area contributed by atoms with E-state index in [0.29, 0.717) is 43.5 Å². The number of H-pyrrole nitrogens is 1. The summed E-state index contributed by atoms with van der Waals surface area (Å²) in [5.74, 6) is 0.690. The number of nitrogens with one attached hydrogen (secondary N) is 1. The summed E-state index contributed by atoms with van der Waals surface area (Å²) >= 11 is 0. The molecule has 0 bridgehead atoms. The highest BCUT2D eigenvalue weighted by molar-refractivity contribution is 5.90. The Balaban J connectivity index is 1.42. The lowest BCUT2D eigenvalue weighted by molar-refractivity contribution is 0.0748. The standard InChI is InChI=1S/C18H21FN8O/c1-13-22-16(24-27(13)18-20-12-21-23-18)17(28)26-8-4-7-25(9-10-26)11-14-5-2-3-6-15(14)19/h2-3,5-6,12H,4,7-11H2,1H3,(H,20,21,23). The summed E-state index contributed by atoms with van der Waals surface area (Å²) in [7, 11) is 0. The molecule has 1 aromatic carbocycles. The van der Waals surface area contributed by atoms with Crippen molar-refractivity contribution in [1.82, 2.24) is 39.7 Å². The van der Waals surface area contributed by atoms with Gasteiger partial charge in [0.1, 0.15) is 18.0 Å². The van der Waals surface area contributed by atoms with Gasteiger partial charge in [-0.2, -0.15) is 14.8 Å². The van der Waals surface area contributed by atoms with Gasteiger partial charge in [-0.3, -0.25) is 9.69 Å². The molecule has 0 atom stereocenters. The number of hydrogen-bond acceptors (Lipinski definition) is 6. The molecule has 1 amide bonds. The molecule has 4 rings (SSSR count). The van der Waals surface area contributed by atoms with E-state index in [-0.39, 0.29) is 17.5 Å². The average molecular weight is 384 g/mol. The van der Waals surface area contributed by atoms with E-state index in [1.165, 1.54) is 17.1 Å². The van der Waals surface area contributed by atoms with Gasteiger partial charge in [0.05, 0.1) is 0 Å². The van der Waals surface area contributed by atoms with Crippen LogP contribution in [0.4, 0.5) is 4.39 Å². The number of hydrogen-bond donors (Lipinski definition) is 1. The van der Waals surface area contributed by atoms with Crippen molar-refractivity contribution in [2.45, 2.75) is 19.9 Å². The summed E-state index contributed by atoms with van der Waals surface area (Å²) < 4.78 is 15.4. The molecular formula is C18H21FN8O. The molecule has 0 spiro atoms. The first-order valence-corrected chi connectivity index (χ1v) is 9.16. The first-order chi connectivity index (χ1) is 13.6. The number of benzene rings is 1. The molecule has 0 radical (unpaired) electrons. The predicted octanol–water partition coefficient (Wildman–Crippen LogP) is 1.18. The van der Waals surface area contributed by atoms with Crippen molar-refractivity contribution in [2.75, 3.05) is 26.2 Å². The van der Waals surface area contributed by atoms with E-state index in [1.807, 2.05) is 6.07 Å². The summed E-state index contributed by atoms with van der Waals surface area (Å²) in [6.07, 6.45) is 2.18. The molecule has 3 heterocycles. The van der Waals surface area contributed by atoms with E-state index in [9.17, 15) is 9.18 Å². The van der Waals surface area contributed by atoms with Gasteiger partial charge < -0.3 is 4.90 Å². The molecule has 1 N–H and O–H groups in total. The Morgan fingerprint density at radius 2 is 2.07 bits per heavy atom. The van der Waals surface area contributed by atoms with E-state index in [2.05, 4.69) is 30.2 Å². The summed E-state index contributed by atoms with van der Waals surface area (Å²) in [5.41, 5.74) is 0.672. The van der Waals surface area contributed by atoms with E-state index in [1.54, 1.807) is 24.0 Å². The number of amides is 1. The summed E-state index contributed by atoms with van der Waals surface area (Å²) in [6.45, 7) is 4.92. The Bertz CT molecular complexity index is 954. The molecule has 146 valence electrons. The Kier molecular flexibility index (Phi) is 5.11. The second-order valence-corrected chi connectivity index (χ2v) is 6.72. The average Bonchev–Trinajstić information content (AvgIpc) is 3.28. The lowest BCUT2D eigenvalue weighted by atomic mass is 10.2. The smallest absolute Gasteiger partial charge is 0.293 e. The Labute approximate surface area is 161 Å². The van der Waals surface area contributed by atoms with E-state index in [4.69, 9.17) is 0 Å². The van der Waals surface area contributed by atoms with Crippen LogP contribution < -0.4 is 0 Å². The Hall–Kier alpha value is -3.14. The fraction of sp³-hybridized carbons (Fsp3) is 0.389. The SMILES string of the molecule is Cc1nc(C(=O)N2CCCN(Cc3ccccc3F)CC2)nn1-c1ncn[nH]1. The van der Waals surface area contributed by atoms with Crippen molar-refractivity contribution < 1.29 is 9.18 Å². The van der Waals surface area contributed by atoms with Crippen molar-refractivity contribution in [1.29, 1.82) is 0 Å². The van der Waals surface area contributed by atoms with Gasteiger partial charge in [-0.05, 0) is 19.4 Å². The van der Waals surface area contributed by atoms with Crippen molar-refractivity contribution >= 4 is 5.91 Å². The quantitative estimate of drug-likeness (QED) is 0.726. The van der Waals surface area contributed by atoms with Gasteiger partial charge in [-0.15, -0.1) is 5.10 Å². The van der Waals surface area contributed by atoms with E-state index >= 15 is 0 Å². The normalized spacial score (nSPS) is 15.6. The lowest BCUT2D eigenvalue weighted by Gasteiger charge is -2.21. The summed E-state index contributed by atoms with van der Waals surface area (Å²) in [5, 5.41) is 10.8. The minimum atomic E-state index is -0.214. The zero-order valence-corrected chi connectivity index (χ0v) is 15.5. The van der Waals surface area contributed by atoms with E-state index in [0.717, 1.165) is 13.0 Å². The van der Waals surface area contributed by atoms with Crippen molar-refractivity contribution in [3.63, 3.8) is 0 Å². The number of aryl methyl sites for hydroxylation is 1. The van der Waals surface area contributed by atoms with Crippen LogP contribution >= 0.6 is 0 Å². The number of halogens is 1. The highest BCUT2D eigenvalue weighted by Crippen LogP contribution is 2.14. The zero-order chi connectivity index (χ0) is 19.5. The molecule has 0 aliphatic carbocycles. The third-order valence-electron chi connectivity index (χ3n) is 4.79. The maximum atomic E-state index is 13.9. The van der Waals surface area contributed by atoms with Gasteiger partial charge in [-0.25, -0.2) is 14.5 Å². The van der Waals surface area contributed by atoms with Crippen LogP contribution in [0.15, 0.2) is 30.6 Å². The van der Waals surface area contributed by atoms with Crippen LogP contribution in [0.3, 0.4) is 0 Å². The second kappa shape index (κ2) is 7.85. The topological polar surface area (TPSA) is 95.8 Å². The van der Waals surface area contributed by atoms with Crippen LogP contribution in [0.25, 0.3) is 5.95 Å². The molecule has 10 heteroatoms. The molecule has 1 saturated heterocycles. The van der Waals surface area contributed by atoms with Gasteiger partial charge in [0, 0.05) is 38.3 Å². The second-order valence-electron chi connectivity index (χ2n) is 6.72. The zero-order valence-electron chi connectivity index (χ0n) is 15.5. The molecule has 1 aliphatic heterocycles. The molecular weight excluding hydrogens is 363 g/mol. The van der Waals surface area contributed by atoms with Gasteiger partial charge in [0.15, 0.2) is 0 Å². The highest BCUT2D eigenvalue weighted by atomic mass is 19.1. The molecule has 9 nitrogen and oxygen atoms in total. The Morgan fingerprint density at radius 1 is 1.21 bits per heavy atom. The van der Waals surface area contributed by atoms with Crippen molar-refractivity contribution in [2.24, 2.45) is 0 Å². The van der Waals surface area contributed by atoms with Gasteiger partial charge in [-0.1, -0.05) is 18.2 Å².